The zero-order chi connectivity index (χ0) is 49.4. The second-order valence-electron chi connectivity index (χ2n) is 20.0. The Kier molecular flexibility index (Phi) is 16.2. The maximum atomic E-state index is 13.7. The number of β-amino-alcohol motifs (C(OH)–C–C–N with tert-alkyl or cyclic N) is 1. The van der Waals surface area contributed by atoms with E-state index in [-0.39, 0.29) is 29.2 Å². The van der Waals surface area contributed by atoms with Gasteiger partial charge in [-0.05, 0) is 92.1 Å². The molecule has 3 N–H and O–H groups in total. The first-order chi connectivity index (χ1) is 33.7. The highest BCUT2D eigenvalue weighted by molar-refractivity contribution is 6.15. The zero-order valence-corrected chi connectivity index (χ0v) is 42.2. The highest BCUT2D eigenvalue weighted by atomic mass is 28.1. The van der Waals surface area contributed by atoms with E-state index < -0.39 is 17.7 Å². The number of aromatic nitrogens is 3. The lowest BCUT2D eigenvalue weighted by Gasteiger charge is -2.38. The molecular weight excluding hydrogens is 891 g/mol. The monoisotopic (exact) mass is 957 g/mol. The van der Waals surface area contributed by atoms with Crippen LogP contribution in [0, 0.1) is 23.2 Å². The van der Waals surface area contributed by atoms with E-state index in [1.807, 2.05) is 88.2 Å². The van der Waals surface area contributed by atoms with Crippen molar-refractivity contribution in [2.24, 2.45) is 11.3 Å². The maximum Gasteiger partial charge on any atom is 0.254 e. The number of likely N-dealkylation sites (tertiary alicyclic amines) is 1. The number of piperazine rings is 1. The van der Waals surface area contributed by atoms with Crippen LogP contribution in [0.15, 0.2) is 85.1 Å². The summed E-state index contributed by atoms with van der Waals surface area (Å²) in [7, 11) is 5.57. The van der Waals surface area contributed by atoms with Crippen molar-refractivity contribution in [2.75, 3.05) is 64.7 Å². The number of nitrogens with one attached hydrogen (secondary N) is 2. The lowest BCUT2D eigenvalue weighted by Crippen LogP contribution is -2.54. The lowest BCUT2D eigenvalue weighted by molar-refractivity contribution is -0.140. The normalized spacial score (nSPS) is 18.6. The largest absolute Gasteiger partial charge is 0.391 e. The third-order valence-electron chi connectivity index (χ3n) is 13.8. The number of aliphatic hydroxyl groups is 1. The topological polar surface area (TPSA) is 147 Å². The molecule has 363 valence electrons. The number of aliphatic hydroxyl groups excluding tert-OH is 1. The minimum atomic E-state index is -0.501. The van der Waals surface area contributed by atoms with E-state index in [0.717, 1.165) is 102 Å². The van der Waals surface area contributed by atoms with Gasteiger partial charge in [-0.3, -0.25) is 24.3 Å². The van der Waals surface area contributed by atoms with Gasteiger partial charge in [-0.2, -0.15) is 0 Å². The molecule has 2 fully saturated rings. The van der Waals surface area contributed by atoms with Gasteiger partial charge in [0.15, 0.2) is 5.82 Å². The number of hydrogen-bond acceptors (Lipinski definition) is 10. The van der Waals surface area contributed by atoms with E-state index in [1.165, 1.54) is 0 Å². The standard InChI is InChI=1S/C56H66N9O4Si/c1-38-33-45(66)36-65(38)55(69)50(56(2,3)4)53(70)60-49(67)14-8-9-26-62-29-31-63(32-30-62)27-10-11-39-15-17-40(18-16-39)19-20-41-21-23-42(24-22-41)54(68)64-28-25-46-48(37-64)59-51(61-52(46)57-5)44-34-43-12-6-7-13-47(43)58-35-44/h6-7,12-13,15-24,34-35,38,45,50,53,66H,8-9,14,25-33,36-37H2,1-5H3,(H,60,67)(H,57,59,61)/b20-19+/t38-,45-,50-,53?/m1/s1. The first-order valence-electron chi connectivity index (χ1n) is 24.7. The number of anilines is 1. The van der Waals surface area contributed by atoms with Crippen molar-refractivity contribution in [1.82, 2.24) is 39.9 Å². The fourth-order valence-corrected chi connectivity index (χ4v) is 10.6. The number of hydrogen-bond donors (Lipinski definition) is 3. The van der Waals surface area contributed by atoms with Crippen molar-refractivity contribution in [1.29, 1.82) is 0 Å². The van der Waals surface area contributed by atoms with Gasteiger partial charge < -0.3 is 30.4 Å². The fourth-order valence-electron chi connectivity index (χ4n) is 9.80. The van der Waals surface area contributed by atoms with Crippen LogP contribution in [0.2, 0.25) is 0 Å². The van der Waals surface area contributed by atoms with Gasteiger partial charge >= 0.3 is 0 Å². The Morgan fingerprint density at radius 2 is 1.61 bits per heavy atom. The molecule has 1 unspecified atom stereocenters. The van der Waals surface area contributed by atoms with E-state index >= 15 is 0 Å². The Hall–Kier alpha value is -6.24. The van der Waals surface area contributed by atoms with Gasteiger partial charge in [0.25, 0.3) is 5.91 Å². The average Bonchev–Trinajstić information content (AvgIpc) is 3.71. The maximum absolute atomic E-state index is 13.7. The Labute approximate surface area is 416 Å². The van der Waals surface area contributed by atoms with Crippen LogP contribution in [-0.4, -0.2) is 145 Å². The van der Waals surface area contributed by atoms with Crippen molar-refractivity contribution in [2.45, 2.75) is 84.2 Å². The number of amides is 3. The molecular formula is C56H66N9O4Si. The molecule has 3 amide bonds. The molecule has 3 aliphatic rings. The summed E-state index contributed by atoms with van der Waals surface area (Å²) < 4.78 is 0. The minimum Gasteiger partial charge on any atom is -0.391 e. The molecule has 5 aromatic rings. The molecule has 3 aliphatic heterocycles. The van der Waals surface area contributed by atoms with Gasteiger partial charge in [0.2, 0.25) is 11.8 Å². The van der Waals surface area contributed by atoms with Gasteiger partial charge in [-0.25, -0.2) is 9.97 Å². The number of carbonyl (C=O) groups excluding carboxylic acids is 3. The summed E-state index contributed by atoms with van der Waals surface area (Å²) in [6.07, 6.45) is 8.80. The van der Waals surface area contributed by atoms with Gasteiger partial charge in [0, 0.05) is 98.3 Å². The summed E-state index contributed by atoms with van der Waals surface area (Å²) in [6.45, 7) is 14.9. The first-order valence-corrected chi connectivity index (χ1v) is 25.3. The molecule has 5 heterocycles. The summed E-state index contributed by atoms with van der Waals surface area (Å²) in [5, 5.41) is 17.4. The van der Waals surface area contributed by atoms with Gasteiger partial charge in [0.05, 0.1) is 46.6 Å². The number of rotatable bonds is 14. The summed E-state index contributed by atoms with van der Waals surface area (Å²) in [5.74, 6) is 7.49. The second kappa shape index (κ2) is 22.7. The predicted molar refractivity (Wildman–Crippen MR) is 279 cm³/mol. The average molecular weight is 957 g/mol. The van der Waals surface area contributed by atoms with Crippen LogP contribution in [0.25, 0.3) is 34.4 Å². The van der Waals surface area contributed by atoms with Gasteiger partial charge in [0.1, 0.15) is 5.82 Å². The van der Waals surface area contributed by atoms with Crippen LogP contribution in [-0.2, 0) is 22.6 Å². The number of nitrogens with zero attached hydrogens (tertiary/aromatic N) is 7. The molecule has 14 heteroatoms. The van der Waals surface area contributed by atoms with Gasteiger partial charge in [-0.1, -0.05) is 87.2 Å². The Morgan fingerprint density at radius 1 is 0.914 bits per heavy atom. The lowest BCUT2D eigenvalue weighted by atomic mass is 9.79. The second-order valence-corrected chi connectivity index (χ2v) is 20.7. The van der Waals surface area contributed by atoms with Crippen LogP contribution < -0.4 is 10.6 Å². The van der Waals surface area contributed by atoms with Crippen molar-refractivity contribution in [3.63, 3.8) is 0 Å². The number of para-hydroxylation sites is 1. The van der Waals surface area contributed by atoms with Crippen LogP contribution in [0.5, 0.6) is 0 Å². The van der Waals surface area contributed by atoms with E-state index in [1.54, 1.807) is 11.1 Å². The fraction of sp³-hybridized carbons (Fsp3) is 0.429. The summed E-state index contributed by atoms with van der Waals surface area (Å²) >= 11 is 0. The van der Waals surface area contributed by atoms with Crippen LogP contribution >= 0.6 is 0 Å². The van der Waals surface area contributed by atoms with E-state index in [2.05, 4.69) is 90.0 Å². The Balaban J connectivity index is 0.740. The number of benzene rings is 3. The molecule has 13 nitrogen and oxygen atoms in total. The first kappa shape index (κ1) is 50.2. The number of fused-ring (bicyclic) bond motifs is 2. The molecule has 2 saturated heterocycles. The smallest absolute Gasteiger partial charge is 0.254 e. The molecule has 0 spiro atoms. The number of carbonyl (C=O) groups is 3. The van der Waals surface area contributed by atoms with E-state index in [4.69, 9.17) is 9.97 Å². The summed E-state index contributed by atoms with van der Waals surface area (Å²) in [5.41, 5.74) is 6.47. The van der Waals surface area contributed by atoms with E-state index in [9.17, 15) is 19.5 Å². The third kappa shape index (κ3) is 12.6. The van der Waals surface area contributed by atoms with Crippen molar-refractivity contribution in [3.05, 3.63) is 119 Å². The third-order valence-corrected chi connectivity index (χ3v) is 14.3. The molecule has 3 radical (unpaired) electrons. The molecule has 4 atom stereocenters. The van der Waals surface area contributed by atoms with Crippen LogP contribution in [0.1, 0.15) is 91.7 Å². The zero-order valence-electron chi connectivity index (χ0n) is 41.2. The summed E-state index contributed by atoms with van der Waals surface area (Å²) in [4.78, 5) is 63.1. The molecule has 2 aromatic heterocycles. The molecule has 0 aliphatic carbocycles. The number of unbranched alkanes of at least 4 members (excludes halogenated alkanes) is 1. The predicted octanol–water partition coefficient (Wildman–Crippen LogP) is 6.50. The van der Waals surface area contributed by atoms with Crippen LogP contribution in [0.3, 0.4) is 0 Å². The molecule has 8 rings (SSSR count). The van der Waals surface area contributed by atoms with Crippen molar-refractivity contribution < 1.29 is 19.5 Å². The molecule has 3 aromatic carbocycles. The Morgan fingerprint density at radius 3 is 2.30 bits per heavy atom. The van der Waals surface area contributed by atoms with Crippen molar-refractivity contribution >= 4 is 56.8 Å². The highest BCUT2D eigenvalue weighted by Crippen LogP contribution is 2.33. The van der Waals surface area contributed by atoms with E-state index in [0.29, 0.717) is 50.3 Å². The molecule has 0 saturated carbocycles. The SMILES string of the molecule is CNc1nc(-c2cnc3ccccc3c2)nc2c1CCN(C(=O)c1ccc(/C=C/c3ccc(C#CCN4CCN(CCCCC(=O)NC([Si])[C@H](C(=O)N5C[C@H](O)C[C@H]5C)C(C)(C)C)CC4)cc3)cc1)C2. The Bertz CT molecular complexity index is 2740. The number of pyridine rings is 1. The molecule has 70 heavy (non-hydrogen) atoms. The summed E-state index contributed by atoms with van der Waals surface area (Å²) in [6, 6.07) is 26.0. The highest BCUT2D eigenvalue weighted by Gasteiger charge is 2.42. The van der Waals surface area contributed by atoms with Crippen LogP contribution in [0.4, 0.5) is 5.82 Å². The quantitative estimate of drug-likeness (QED) is 0.0489. The minimum absolute atomic E-state index is 0.0213. The van der Waals surface area contributed by atoms with Crippen molar-refractivity contribution in [3.8, 4) is 23.2 Å². The van der Waals surface area contributed by atoms with Gasteiger partial charge in [-0.15, -0.1) is 0 Å². The molecule has 0 bridgehead atoms.